The third-order valence-corrected chi connectivity index (χ3v) is 3.15. The number of carbonyl (C=O) groups excluding carboxylic acids is 1. The molecule has 0 radical (unpaired) electrons. The lowest BCUT2D eigenvalue weighted by Gasteiger charge is -2.09. The maximum atomic E-state index is 13.7. The lowest BCUT2D eigenvalue weighted by molar-refractivity contribution is 0.103. The van der Waals surface area contributed by atoms with Crippen LogP contribution in [0.1, 0.15) is 15.9 Å². The van der Waals surface area contributed by atoms with Crippen molar-refractivity contribution in [2.24, 2.45) is 0 Å². The van der Waals surface area contributed by atoms with Crippen molar-refractivity contribution in [3.63, 3.8) is 0 Å². The number of ketones is 1. The first-order valence-electron chi connectivity index (χ1n) is 5.37. The van der Waals surface area contributed by atoms with Crippen LogP contribution >= 0.6 is 23.2 Å². The number of hydrogen-bond donors (Lipinski definition) is 0. The Morgan fingerprint density at radius 2 is 1.95 bits per heavy atom. The minimum absolute atomic E-state index is 0.0482. The van der Waals surface area contributed by atoms with Gasteiger partial charge in [0.25, 0.3) is 0 Å². The maximum absolute atomic E-state index is 13.7. The highest BCUT2D eigenvalue weighted by atomic mass is 35.5. The summed E-state index contributed by atoms with van der Waals surface area (Å²) in [6.07, 6.45) is 0. The average molecular weight is 299 g/mol. The average Bonchev–Trinajstić information content (AvgIpc) is 2.38. The first-order valence-corrected chi connectivity index (χ1v) is 6.12. The molecular weight excluding hydrogens is 290 g/mol. The van der Waals surface area contributed by atoms with Crippen molar-refractivity contribution >= 4 is 29.0 Å². The largest absolute Gasteiger partial charge is 0.496 e. The van der Waals surface area contributed by atoms with Gasteiger partial charge in [-0.15, -0.1) is 0 Å². The van der Waals surface area contributed by atoms with E-state index in [1.807, 2.05) is 0 Å². The number of methoxy groups -OCH3 is 1. The summed E-state index contributed by atoms with van der Waals surface area (Å²) in [5.74, 6) is -0.935. The van der Waals surface area contributed by atoms with Gasteiger partial charge in [-0.05, 0) is 30.3 Å². The van der Waals surface area contributed by atoms with Gasteiger partial charge in [0.2, 0.25) is 5.78 Å². The summed E-state index contributed by atoms with van der Waals surface area (Å²) in [4.78, 5) is 12.4. The summed E-state index contributed by atoms with van der Waals surface area (Å²) in [6.45, 7) is 0. The zero-order valence-electron chi connectivity index (χ0n) is 9.91. The van der Waals surface area contributed by atoms with Gasteiger partial charge in [-0.25, -0.2) is 4.39 Å². The van der Waals surface area contributed by atoms with Crippen LogP contribution in [0, 0.1) is 5.82 Å². The van der Waals surface area contributed by atoms with Crippen LogP contribution in [0.25, 0.3) is 0 Å². The fraction of sp³-hybridized carbons (Fsp3) is 0.0714. The predicted molar refractivity (Wildman–Crippen MR) is 72.8 cm³/mol. The molecule has 98 valence electrons. The topological polar surface area (TPSA) is 26.3 Å². The van der Waals surface area contributed by atoms with Gasteiger partial charge in [-0.1, -0.05) is 29.3 Å². The molecule has 0 spiro atoms. The number of halogens is 3. The number of benzene rings is 2. The van der Waals surface area contributed by atoms with Gasteiger partial charge in [-0.3, -0.25) is 4.79 Å². The van der Waals surface area contributed by atoms with Crippen molar-refractivity contribution in [1.29, 1.82) is 0 Å². The van der Waals surface area contributed by atoms with Crippen LogP contribution in [0.15, 0.2) is 36.4 Å². The number of ether oxygens (including phenoxy) is 1. The summed E-state index contributed by atoms with van der Waals surface area (Å²) in [5, 5.41) is 0.406. The standard InChI is InChI=1S/C14H9Cl2FO2/c1-19-12-6-5-8(15)7-9(12)14(18)13-10(16)3-2-4-11(13)17/h2-7H,1H3. The highest BCUT2D eigenvalue weighted by Gasteiger charge is 2.21. The molecule has 0 amide bonds. The minimum Gasteiger partial charge on any atom is -0.496 e. The first-order chi connectivity index (χ1) is 9.04. The molecule has 0 unspecified atom stereocenters. The van der Waals surface area contributed by atoms with E-state index in [1.54, 1.807) is 12.1 Å². The third-order valence-electron chi connectivity index (χ3n) is 2.60. The summed E-state index contributed by atoms with van der Waals surface area (Å²) < 4.78 is 18.8. The van der Waals surface area contributed by atoms with Crippen LogP contribution in [-0.2, 0) is 0 Å². The summed E-state index contributed by atoms with van der Waals surface area (Å²) in [5.41, 5.74) is -0.0215. The maximum Gasteiger partial charge on any atom is 0.201 e. The van der Waals surface area contributed by atoms with Crippen LogP contribution in [-0.4, -0.2) is 12.9 Å². The summed E-state index contributed by atoms with van der Waals surface area (Å²) >= 11 is 11.7. The van der Waals surface area contributed by atoms with Crippen LogP contribution < -0.4 is 4.74 Å². The van der Waals surface area contributed by atoms with E-state index in [4.69, 9.17) is 27.9 Å². The molecule has 0 N–H and O–H groups in total. The van der Waals surface area contributed by atoms with Crippen molar-refractivity contribution in [3.05, 3.63) is 63.4 Å². The van der Waals surface area contributed by atoms with E-state index in [1.165, 1.54) is 31.4 Å². The molecule has 19 heavy (non-hydrogen) atoms. The van der Waals surface area contributed by atoms with Gasteiger partial charge >= 0.3 is 0 Å². The van der Waals surface area contributed by atoms with Crippen LogP contribution in [0.5, 0.6) is 5.75 Å². The highest BCUT2D eigenvalue weighted by Crippen LogP contribution is 2.29. The zero-order chi connectivity index (χ0) is 14.0. The van der Waals surface area contributed by atoms with E-state index in [0.717, 1.165) is 0 Å². The van der Waals surface area contributed by atoms with Crippen molar-refractivity contribution < 1.29 is 13.9 Å². The molecule has 2 nitrogen and oxygen atoms in total. The molecule has 0 aliphatic heterocycles. The molecule has 0 heterocycles. The summed E-state index contributed by atoms with van der Waals surface area (Å²) in [7, 11) is 1.42. The Labute approximate surface area is 119 Å². The van der Waals surface area contributed by atoms with E-state index in [2.05, 4.69) is 0 Å². The molecular formula is C14H9Cl2FO2. The Morgan fingerprint density at radius 3 is 2.58 bits per heavy atom. The monoisotopic (exact) mass is 298 g/mol. The van der Waals surface area contributed by atoms with E-state index < -0.39 is 11.6 Å². The zero-order valence-corrected chi connectivity index (χ0v) is 11.4. The lowest BCUT2D eigenvalue weighted by atomic mass is 10.0. The Hall–Kier alpha value is -1.58. The second kappa shape index (κ2) is 5.59. The van der Waals surface area contributed by atoms with E-state index >= 15 is 0 Å². The second-order valence-electron chi connectivity index (χ2n) is 3.77. The molecule has 0 aliphatic carbocycles. The minimum atomic E-state index is -0.681. The lowest BCUT2D eigenvalue weighted by Crippen LogP contribution is -2.07. The van der Waals surface area contributed by atoms with Gasteiger partial charge in [0.05, 0.1) is 23.3 Å². The fourth-order valence-electron chi connectivity index (χ4n) is 1.71. The molecule has 0 atom stereocenters. The number of hydrogen-bond acceptors (Lipinski definition) is 2. The Bertz CT molecular complexity index is 621. The third kappa shape index (κ3) is 2.72. The van der Waals surface area contributed by atoms with Crippen molar-refractivity contribution in [2.75, 3.05) is 7.11 Å². The molecule has 5 heteroatoms. The van der Waals surface area contributed by atoms with Crippen LogP contribution in [0.3, 0.4) is 0 Å². The van der Waals surface area contributed by atoms with Crippen molar-refractivity contribution in [3.8, 4) is 5.75 Å². The summed E-state index contributed by atoms with van der Waals surface area (Å²) in [6, 6.07) is 8.62. The Kier molecular flexibility index (Phi) is 4.08. The van der Waals surface area contributed by atoms with Crippen LogP contribution in [0.2, 0.25) is 10.0 Å². The molecule has 0 saturated carbocycles. The molecule has 0 aliphatic rings. The van der Waals surface area contributed by atoms with Crippen molar-refractivity contribution in [1.82, 2.24) is 0 Å². The SMILES string of the molecule is COc1ccc(Cl)cc1C(=O)c1c(F)cccc1Cl. The molecule has 2 aromatic rings. The molecule has 2 rings (SSSR count). The predicted octanol–water partition coefficient (Wildman–Crippen LogP) is 4.37. The van der Waals surface area contributed by atoms with Gasteiger partial charge in [0, 0.05) is 5.02 Å². The van der Waals surface area contributed by atoms with Gasteiger partial charge in [-0.2, -0.15) is 0 Å². The molecule has 0 saturated heterocycles. The van der Waals surface area contributed by atoms with Crippen LogP contribution in [0.4, 0.5) is 4.39 Å². The highest BCUT2D eigenvalue weighted by molar-refractivity contribution is 6.35. The molecule has 2 aromatic carbocycles. The van der Waals surface area contributed by atoms with Gasteiger partial charge in [0.15, 0.2) is 0 Å². The van der Waals surface area contributed by atoms with Gasteiger partial charge in [0.1, 0.15) is 11.6 Å². The van der Waals surface area contributed by atoms with E-state index in [0.29, 0.717) is 10.8 Å². The Morgan fingerprint density at radius 1 is 1.21 bits per heavy atom. The molecule has 0 aromatic heterocycles. The smallest absolute Gasteiger partial charge is 0.201 e. The quantitative estimate of drug-likeness (QED) is 0.787. The number of rotatable bonds is 3. The molecule has 0 fully saturated rings. The van der Waals surface area contributed by atoms with Crippen molar-refractivity contribution in [2.45, 2.75) is 0 Å². The number of carbonyl (C=O) groups is 1. The first kappa shape index (κ1) is 13.8. The molecule has 0 bridgehead atoms. The van der Waals surface area contributed by atoms with E-state index in [-0.39, 0.29) is 16.1 Å². The van der Waals surface area contributed by atoms with Gasteiger partial charge < -0.3 is 4.74 Å². The second-order valence-corrected chi connectivity index (χ2v) is 4.61. The normalized spacial score (nSPS) is 10.3. The van der Waals surface area contributed by atoms with E-state index in [9.17, 15) is 9.18 Å². The fourth-order valence-corrected chi connectivity index (χ4v) is 2.13. The Balaban J connectivity index is 2.59.